The Balaban J connectivity index is 1.91. The number of hydrogen-bond acceptors (Lipinski definition) is 6. The number of carbonyl (C=O) groups excluding carboxylic acids is 2. The van der Waals surface area contributed by atoms with Crippen LogP contribution in [-0.4, -0.2) is 55.3 Å². The van der Waals surface area contributed by atoms with Crippen molar-refractivity contribution >= 4 is 45.5 Å². The fourth-order valence-corrected chi connectivity index (χ4v) is 6.09. The predicted molar refractivity (Wildman–Crippen MR) is 144 cm³/mol. The van der Waals surface area contributed by atoms with Crippen molar-refractivity contribution in [1.29, 1.82) is 0 Å². The SMILES string of the molecule is COc1ccc(F)cc1/C=C1\CNC(=O)[C@@H](C(Cc2ccccc2)C(=O)O)N(S(=O)(=O)c2ccc(Cl)cc2)C1=O. The number of carbonyl (C=O) groups is 3. The van der Waals surface area contributed by atoms with Gasteiger partial charge in [0.15, 0.2) is 0 Å². The van der Waals surface area contributed by atoms with Gasteiger partial charge < -0.3 is 15.2 Å². The zero-order chi connectivity index (χ0) is 29.0. The van der Waals surface area contributed by atoms with Gasteiger partial charge in [-0.15, -0.1) is 0 Å². The van der Waals surface area contributed by atoms with E-state index in [1.807, 2.05) is 0 Å². The smallest absolute Gasteiger partial charge is 0.309 e. The third-order valence-electron chi connectivity index (χ3n) is 6.34. The molecule has 12 heteroatoms. The summed E-state index contributed by atoms with van der Waals surface area (Å²) in [6.45, 7) is -0.446. The van der Waals surface area contributed by atoms with E-state index in [2.05, 4.69) is 5.32 Å². The number of carboxylic acid groups (broad SMARTS) is 1. The lowest BCUT2D eigenvalue weighted by molar-refractivity contribution is -0.148. The molecule has 2 N–H and O–H groups in total. The number of methoxy groups -OCH3 is 1. The van der Waals surface area contributed by atoms with E-state index in [1.165, 1.54) is 31.4 Å². The topological polar surface area (TPSA) is 130 Å². The lowest BCUT2D eigenvalue weighted by Crippen LogP contribution is -2.55. The minimum atomic E-state index is -4.80. The van der Waals surface area contributed by atoms with Gasteiger partial charge in [0.05, 0.1) is 17.9 Å². The Morgan fingerprint density at radius 3 is 2.45 bits per heavy atom. The van der Waals surface area contributed by atoms with Gasteiger partial charge in [0.2, 0.25) is 5.91 Å². The van der Waals surface area contributed by atoms with Crippen molar-refractivity contribution in [1.82, 2.24) is 9.62 Å². The van der Waals surface area contributed by atoms with Crippen LogP contribution < -0.4 is 10.1 Å². The van der Waals surface area contributed by atoms with Gasteiger partial charge in [-0.1, -0.05) is 41.9 Å². The highest BCUT2D eigenvalue weighted by atomic mass is 35.5. The molecule has 1 fully saturated rings. The van der Waals surface area contributed by atoms with E-state index in [4.69, 9.17) is 16.3 Å². The van der Waals surface area contributed by atoms with Gasteiger partial charge >= 0.3 is 5.97 Å². The molecule has 1 saturated heterocycles. The number of nitrogens with one attached hydrogen (secondary N) is 1. The average Bonchev–Trinajstić information content (AvgIpc) is 3.04. The first kappa shape index (κ1) is 28.8. The van der Waals surface area contributed by atoms with Gasteiger partial charge in [0, 0.05) is 22.7 Å². The molecule has 208 valence electrons. The highest BCUT2D eigenvalue weighted by Crippen LogP contribution is 2.31. The van der Waals surface area contributed by atoms with E-state index in [-0.39, 0.29) is 33.2 Å². The van der Waals surface area contributed by atoms with Gasteiger partial charge in [-0.2, -0.15) is 0 Å². The second-order valence-electron chi connectivity index (χ2n) is 8.91. The minimum absolute atomic E-state index is 0.112. The maximum absolute atomic E-state index is 14.0. The van der Waals surface area contributed by atoms with Crippen LogP contribution in [-0.2, 0) is 30.8 Å². The molecule has 0 aromatic heterocycles. The number of hydrogen-bond donors (Lipinski definition) is 2. The van der Waals surface area contributed by atoms with Crippen molar-refractivity contribution in [2.75, 3.05) is 13.7 Å². The highest BCUT2D eigenvalue weighted by molar-refractivity contribution is 7.89. The molecule has 1 unspecified atom stereocenters. The van der Waals surface area contributed by atoms with Gasteiger partial charge in [0.1, 0.15) is 17.6 Å². The van der Waals surface area contributed by atoms with E-state index in [1.54, 1.807) is 30.3 Å². The fourth-order valence-electron chi connectivity index (χ4n) is 4.38. The van der Waals surface area contributed by atoms with Crippen LogP contribution in [0.5, 0.6) is 5.75 Å². The quantitative estimate of drug-likeness (QED) is 0.386. The standard InChI is InChI=1S/C28H24ClFN2O7S/c1-39-24-12-9-21(30)15-18(24)14-19-16-31-26(33)25(23(28(35)36)13-17-5-3-2-4-6-17)32(27(19)34)40(37,38)22-10-7-20(29)8-11-22/h2-12,14-15,23,25H,13,16H2,1H3,(H,31,33)(H,35,36)/b19-14+/t23?,25-/m1/s1. The number of ether oxygens (including phenoxy) is 1. The maximum Gasteiger partial charge on any atom is 0.309 e. The summed E-state index contributed by atoms with van der Waals surface area (Å²) in [4.78, 5) is 39.6. The molecule has 0 spiro atoms. The summed E-state index contributed by atoms with van der Waals surface area (Å²) in [6, 6.07) is 14.8. The van der Waals surface area contributed by atoms with Crippen LogP contribution in [0.15, 0.2) is 83.3 Å². The molecule has 0 saturated carbocycles. The maximum atomic E-state index is 14.0. The molecule has 2 amide bonds. The van der Waals surface area contributed by atoms with Gasteiger partial charge in [-0.05, 0) is 60.5 Å². The zero-order valence-corrected chi connectivity index (χ0v) is 22.7. The zero-order valence-electron chi connectivity index (χ0n) is 21.1. The van der Waals surface area contributed by atoms with Crippen LogP contribution in [0.25, 0.3) is 6.08 Å². The molecular weight excluding hydrogens is 563 g/mol. The third kappa shape index (κ3) is 6.00. The predicted octanol–water partition coefficient (Wildman–Crippen LogP) is 3.53. The van der Waals surface area contributed by atoms with Crippen LogP contribution in [0.2, 0.25) is 5.02 Å². The summed E-state index contributed by atoms with van der Waals surface area (Å²) in [5.74, 6) is -5.71. The molecule has 2 atom stereocenters. The molecule has 1 aliphatic heterocycles. The van der Waals surface area contributed by atoms with Crippen LogP contribution in [0.1, 0.15) is 11.1 Å². The molecule has 9 nitrogen and oxygen atoms in total. The molecule has 1 heterocycles. The summed E-state index contributed by atoms with van der Waals surface area (Å²) in [5, 5.41) is 12.9. The Kier molecular flexibility index (Phi) is 8.55. The lowest BCUT2D eigenvalue weighted by Gasteiger charge is -2.32. The fraction of sp³-hybridized carbons (Fsp3) is 0.179. The molecule has 0 bridgehead atoms. The summed E-state index contributed by atoms with van der Waals surface area (Å²) < 4.78 is 47.5. The average molecular weight is 587 g/mol. The monoisotopic (exact) mass is 586 g/mol. The minimum Gasteiger partial charge on any atom is -0.496 e. The van der Waals surface area contributed by atoms with Crippen LogP contribution >= 0.6 is 11.6 Å². The molecule has 0 radical (unpaired) electrons. The number of carboxylic acids is 1. The van der Waals surface area contributed by atoms with Crippen molar-refractivity contribution in [3.63, 3.8) is 0 Å². The molecule has 40 heavy (non-hydrogen) atoms. The number of amides is 2. The normalized spacial score (nSPS) is 17.7. The molecule has 0 aliphatic carbocycles. The molecule has 3 aromatic rings. The van der Waals surface area contributed by atoms with E-state index in [0.29, 0.717) is 9.87 Å². The van der Waals surface area contributed by atoms with Crippen molar-refractivity contribution < 1.29 is 37.0 Å². The van der Waals surface area contributed by atoms with Crippen molar-refractivity contribution in [3.05, 3.63) is 100 Å². The van der Waals surface area contributed by atoms with Crippen molar-refractivity contribution in [3.8, 4) is 5.75 Å². The molecule has 1 aliphatic rings. The van der Waals surface area contributed by atoms with Gasteiger partial charge in [0.25, 0.3) is 15.9 Å². The molecule has 4 rings (SSSR count). The Hall–Kier alpha value is -4.22. The van der Waals surface area contributed by atoms with Crippen molar-refractivity contribution in [2.24, 2.45) is 5.92 Å². The first-order valence-corrected chi connectivity index (χ1v) is 13.8. The third-order valence-corrected chi connectivity index (χ3v) is 8.37. The van der Waals surface area contributed by atoms with Gasteiger partial charge in [-0.3, -0.25) is 14.4 Å². The number of sulfonamides is 1. The second kappa shape index (κ2) is 11.9. The Labute approximate surface area is 234 Å². The Morgan fingerprint density at radius 1 is 1.15 bits per heavy atom. The first-order valence-electron chi connectivity index (χ1n) is 12.0. The Morgan fingerprint density at radius 2 is 1.82 bits per heavy atom. The second-order valence-corrected chi connectivity index (χ2v) is 11.2. The lowest BCUT2D eigenvalue weighted by atomic mass is 9.91. The van der Waals surface area contributed by atoms with Crippen LogP contribution in [0, 0.1) is 11.7 Å². The van der Waals surface area contributed by atoms with Gasteiger partial charge in [-0.25, -0.2) is 17.1 Å². The van der Waals surface area contributed by atoms with Crippen molar-refractivity contribution in [2.45, 2.75) is 17.4 Å². The number of nitrogens with zero attached hydrogens (tertiary/aromatic N) is 1. The van der Waals surface area contributed by atoms with E-state index < -0.39 is 52.1 Å². The van der Waals surface area contributed by atoms with Crippen LogP contribution in [0.3, 0.4) is 0 Å². The molecule has 3 aromatic carbocycles. The largest absolute Gasteiger partial charge is 0.496 e. The number of rotatable bonds is 8. The molecular formula is C28H24ClFN2O7S. The van der Waals surface area contributed by atoms with Crippen LogP contribution in [0.4, 0.5) is 4.39 Å². The van der Waals surface area contributed by atoms with E-state index in [9.17, 15) is 32.3 Å². The summed E-state index contributed by atoms with van der Waals surface area (Å²) in [6.07, 6.45) is 0.954. The summed E-state index contributed by atoms with van der Waals surface area (Å²) in [5.41, 5.74) is 0.395. The highest BCUT2D eigenvalue weighted by Gasteiger charge is 2.49. The van der Waals surface area contributed by atoms with E-state index >= 15 is 0 Å². The summed E-state index contributed by atoms with van der Waals surface area (Å²) >= 11 is 5.92. The summed E-state index contributed by atoms with van der Waals surface area (Å²) in [7, 11) is -3.46. The number of aliphatic carboxylic acids is 1. The first-order chi connectivity index (χ1) is 19.0. The Bertz CT molecular complexity index is 1580. The number of halogens is 2. The van der Waals surface area contributed by atoms with E-state index in [0.717, 1.165) is 24.3 Å². The number of benzene rings is 3.